The molecule has 1 aliphatic carbocycles. The van der Waals surface area contributed by atoms with Gasteiger partial charge < -0.3 is 18.9 Å². The van der Waals surface area contributed by atoms with Gasteiger partial charge in [-0.25, -0.2) is 0 Å². The molecule has 0 N–H and O–H groups in total. The van der Waals surface area contributed by atoms with Gasteiger partial charge in [0.2, 0.25) is 0 Å². The average Bonchev–Trinajstić information content (AvgIpc) is 2.96. The Morgan fingerprint density at radius 3 is 2.22 bits per heavy atom. The maximum absolute atomic E-state index is 10.2. The van der Waals surface area contributed by atoms with Crippen molar-refractivity contribution >= 4 is 6.08 Å². The highest BCUT2D eigenvalue weighted by molar-refractivity contribution is 5.61. The minimum atomic E-state index is -1.28. The molecule has 0 saturated carbocycles. The Hall–Kier alpha value is -4.16. The standard InChI is InChI=1S/C31H34N2O4/c1-6-17-31(20-32,21-33)28-10-8-7-9-26(28)25(27-19-24(35-3)13-16-30(27)37-5)14-11-22-18-23(34-2)12-15-29(22)36-4/h6,10-16,18-19,25-26H,1,7-9,17H2,2-5H3/b14-11+/t25-,26+/m1/s1. The molecule has 0 aromatic heterocycles. The van der Waals surface area contributed by atoms with Crippen molar-refractivity contribution in [2.75, 3.05) is 28.4 Å². The van der Waals surface area contributed by atoms with Gasteiger partial charge in [-0.1, -0.05) is 24.3 Å². The van der Waals surface area contributed by atoms with Crippen LogP contribution >= 0.6 is 0 Å². The van der Waals surface area contributed by atoms with Crippen LogP contribution in [0.1, 0.15) is 42.7 Å². The Balaban J connectivity index is 2.24. The second kappa shape index (κ2) is 12.7. The van der Waals surface area contributed by atoms with Crippen LogP contribution in [0.2, 0.25) is 0 Å². The van der Waals surface area contributed by atoms with Gasteiger partial charge in [0.1, 0.15) is 23.0 Å². The molecule has 3 rings (SSSR count). The molecule has 2 atom stereocenters. The van der Waals surface area contributed by atoms with Crippen molar-refractivity contribution < 1.29 is 18.9 Å². The van der Waals surface area contributed by atoms with Crippen molar-refractivity contribution in [3.8, 4) is 35.1 Å². The maximum Gasteiger partial charge on any atom is 0.168 e. The molecule has 192 valence electrons. The lowest BCUT2D eigenvalue weighted by molar-refractivity contribution is 0.374. The minimum absolute atomic E-state index is 0.109. The summed E-state index contributed by atoms with van der Waals surface area (Å²) in [5, 5.41) is 20.4. The van der Waals surface area contributed by atoms with Crippen molar-refractivity contribution in [1.29, 1.82) is 10.5 Å². The molecule has 6 nitrogen and oxygen atoms in total. The summed E-state index contributed by atoms with van der Waals surface area (Å²) in [5.74, 6) is 2.52. The van der Waals surface area contributed by atoms with E-state index in [9.17, 15) is 10.5 Å². The summed E-state index contributed by atoms with van der Waals surface area (Å²) in [6.45, 7) is 3.82. The van der Waals surface area contributed by atoms with Crippen LogP contribution in [0.4, 0.5) is 0 Å². The van der Waals surface area contributed by atoms with E-state index in [1.54, 1.807) is 34.5 Å². The Morgan fingerprint density at radius 1 is 0.973 bits per heavy atom. The highest BCUT2D eigenvalue weighted by atomic mass is 16.5. The summed E-state index contributed by atoms with van der Waals surface area (Å²) >= 11 is 0. The van der Waals surface area contributed by atoms with Crippen molar-refractivity contribution in [2.45, 2.75) is 31.6 Å². The van der Waals surface area contributed by atoms with Crippen LogP contribution in [0.15, 0.2) is 66.8 Å². The van der Waals surface area contributed by atoms with Gasteiger partial charge in [0.15, 0.2) is 5.41 Å². The number of rotatable bonds is 11. The van der Waals surface area contributed by atoms with Crippen molar-refractivity contribution in [3.05, 3.63) is 77.9 Å². The number of methoxy groups -OCH3 is 4. The van der Waals surface area contributed by atoms with Gasteiger partial charge in [0.25, 0.3) is 0 Å². The molecule has 37 heavy (non-hydrogen) atoms. The van der Waals surface area contributed by atoms with E-state index in [0.717, 1.165) is 36.0 Å². The largest absolute Gasteiger partial charge is 0.497 e. The van der Waals surface area contributed by atoms with Gasteiger partial charge in [-0.15, -0.1) is 6.58 Å². The molecule has 0 amide bonds. The third kappa shape index (κ3) is 5.81. The van der Waals surface area contributed by atoms with Gasteiger partial charge in [0.05, 0.1) is 40.6 Å². The molecule has 0 saturated heterocycles. The summed E-state index contributed by atoms with van der Waals surface area (Å²) in [6.07, 6.45) is 10.7. The van der Waals surface area contributed by atoms with E-state index in [1.165, 1.54) is 0 Å². The van der Waals surface area contributed by atoms with E-state index in [4.69, 9.17) is 18.9 Å². The molecule has 1 aliphatic rings. The van der Waals surface area contributed by atoms with E-state index in [2.05, 4.69) is 30.9 Å². The number of ether oxygens (including phenoxy) is 4. The van der Waals surface area contributed by atoms with Crippen LogP contribution in [-0.4, -0.2) is 28.4 Å². The van der Waals surface area contributed by atoms with Gasteiger partial charge in [-0.3, -0.25) is 0 Å². The zero-order valence-corrected chi connectivity index (χ0v) is 22.0. The number of hydrogen-bond acceptors (Lipinski definition) is 6. The highest BCUT2D eigenvalue weighted by Gasteiger charge is 2.42. The SMILES string of the molecule is C=CCC(C#N)(C#N)C1=CCCC[C@H]1[C@@H](/C=C/c1cc(OC)ccc1OC)c1cc(OC)ccc1OC. The molecule has 0 bridgehead atoms. The fourth-order valence-electron chi connectivity index (χ4n) is 5.08. The molecule has 6 heteroatoms. The van der Waals surface area contributed by atoms with Crippen LogP contribution in [0.25, 0.3) is 6.08 Å². The van der Waals surface area contributed by atoms with Crippen LogP contribution in [0.3, 0.4) is 0 Å². The summed E-state index contributed by atoms with van der Waals surface area (Å²) in [6, 6.07) is 16.0. The van der Waals surface area contributed by atoms with E-state index in [1.807, 2.05) is 42.5 Å². The number of nitrogens with zero attached hydrogens (tertiary/aromatic N) is 2. The lowest BCUT2D eigenvalue weighted by atomic mass is 9.65. The lowest BCUT2D eigenvalue weighted by Gasteiger charge is -2.36. The van der Waals surface area contributed by atoms with Crippen LogP contribution in [0, 0.1) is 34.0 Å². The van der Waals surface area contributed by atoms with Crippen LogP contribution < -0.4 is 18.9 Å². The summed E-state index contributed by atoms with van der Waals surface area (Å²) in [7, 11) is 6.53. The molecule has 0 spiro atoms. The fraction of sp³-hybridized carbons (Fsp3) is 0.355. The van der Waals surface area contributed by atoms with E-state index in [-0.39, 0.29) is 18.3 Å². The molecular weight excluding hydrogens is 464 g/mol. The maximum atomic E-state index is 10.2. The summed E-state index contributed by atoms with van der Waals surface area (Å²) in [5.41, 5.74) is 1.33. The lowest BCUT2D eigenvalue weighted by Crippen LogP contribution is -2.29. The molecule has 2 aromatic carbocycles. The Morgan fingerprint density at radius 2 is 1.62 bits per heavy atom. The van der Waals surface area contributed by atoms with Crippen LogP contribution in [-0.2, 0) is 0 Å². The van der Waals surface area contributed by atoms with Gasteiger partial charge in [0, 0.05) is 23.5 Å². The third-order valence-corrected chi connectivity index (χ3v) is 6.96. The number of benzene rings is 2. The van der Waals surface area contributed by atoms with Gasteiger partial charge >= 0.3 is 0 Å². The topological polar surface area (TPSA) is 84.5 Å². The smallest absolute Gasteiger partial charge is 0.168 e. The van der Waals surface area contributed by atoms with Crippen molar-refractivity contribution in [1.82, 2.24) is 0 Å². The Kier molecular flexibility index (Phi) is 9.41. The number of allylic oxidation sites excluding steroid dienone is 4. The van der Waals surface area contributed by atoms with E-state index in [0.29, 0.717) is 23.0 Å². The van der Waals surface area contributed by atoms with E-state index >= 15 is 0 Å². The first-order valence-corrected chi connectivity index (χ1v) is 12.3. The predicted molar refractivity (Wildman–Crippen MR) is 145 cm³/mol. The molecule has 0 aliphatic heterocycles. The quantitative estimate of drug-likeness (QED) is 0.315. The second-order valence-corrected chi connectivity index (χ2v) is 8.92. The Bertz CT molecular complexity index is 1230. The Labute approximate surface area is 220 Å². The molecule has 0 radical (unpaired) electrons. The first-order valence-electron chi connectivity index (χ1n) is 12.3. The molecule has 2 aromatic rings. The van der Waals surface area contributed by atoms with Crippen molar-refractivity contribution in [3.63, 3.8) is 0 Å². The minimum Gasteiger partial charge on any atom is -0.497 e. The van der Waals surface area contributed by atoms with E-state index < -0.39 is 5.41 Å². The zero-order chi connectivity index (χ0) is 26.8. The first-order chi connectivity index (χ1) is 18.0. The second-order valence-electron chi connectivity index (χ2n) is 8.92. The molecular formula is C31H34N2O4. The molecule has 0 fully saturated rings. The van der Waals surface area contributed by atoms with Gasteiger partial charge in [-0.05, 0) is 67.2 Å². The number of hydrogen-bond donors (Lipinski definition) is 0. The first kappa shape index (κ1) is 27.4. The van der Waals surface area contributed by atoms with Crippen LogP contribution in [0.5, 0.6) is 23.0 Å². The molecule has 0 unspecified atom stereocenters. The van der Waals surface area contributed by atoms with Crippen molar-refractivity contribution in [2.24, 2.45) is 11.3 Å². The van der Waals surface area contributed by atoms with Gasteiger partial charge in [-0.2, -0.15) is 10.5 Å². The zero-order valence-electron chi connectivity index (χ0n) is 22.0. The highest BCUT2D eigenvalue weighted by Crippen LogP contribution is 2.49. The third-order valence-electron chi connectivity index (χ3n) is 6.96. The normalized spacial score (nSPS) is 16.2. The predicted octanol–water partition coefficient (Wildman–Crippen LogP) is 6.85. The summed E-state index contributed by atoms with van der Waals surface area (Å²) in [4.78, 5) is 0. The summed E-state index contributed by atoms with van der Waals surface area (Å²) < 4.78 is 22.3. The molecule has 0 heterocycles. The average molecular weight is 499 g/mol. The fourth-order valence-corrected chi connectivity index (χ4v) is 5.08. The monoisotopic (exact) mass is 498 g/mol. The number of nitriles is 2.